The van der Waals surface area contributed by atoms with E-state index >= 15 is 0 Å². The van der Waals surface area contributed by atoms with Gasteiger partial charge in [-0.3, -0.25) is 10.1 Å². The van der Waals surface area contributed by atoms with Crippen LogP contribution in [-0.4, -0.2) is 27.1 Å². The molecule has 1 heterocycles. The molecule has 0 amide bonds. The quantitative estimate of drug-likeness (QED) is 0.335. The second-order valence-corrected chi connectivity index (χ2v) is 5.49. The van der Waals surface area contributed by atoms with Gasteiger partial charge in [0.1, 0.15) is 16.8 Å². The first-order valence-corrected chi connectivity index (χ1v) is 6.65. The van der Waals surface area contributed by atoms with Crippen LogP contribution < -0.4 is 5.32 Å². The van der Waals surface area contributed by atoms with Crippen LogP contribution in [-0.2, 0) is 4.79 Å². The average molecular weight is 311 g/mol. The van der Waals surface area contributed by atoms with Gasteiger partial charge in [-0.25, -0.2) is 4.79 Å². The number of nitro benzene ring substituents is 1. The van der Waals surface area contributed by atoms with E-state index in [4.69, 9.17) is 11.6 Å². The predicted octanol–water partition coefficient (Wildman–Crippen LogP) is 2.49. The summed E-state index contributed by atoms with van der Waals surface area (Å²) in [6.07, 6.45) is 4.03. The van der Waals surface area contributed by atoms with E-state index in [2.05, 4.69) is 5.32 Å². The second kappa shape index (κ2) is 4.63. The molecule has 1 aromatic rings. The van der Waals surface area contributed by atoms with Crippen LogP contribution in [0.4, 0.5) is 11.4 Å². The first-order valence-electron chi connectivity index (χ1n) is 6.27. The first-order chi connectivity index (χ1) is 9.91. The van der Waals surface area contributed by atoms with Gasteiger partial charge >= 0.3 is 5.97 Å². The number of phenols is 1. The SMILES string of the molecule is O=C(O)[C@@H]1Nc2c(O)cc(Cl)c([N+](=O)[O-])c2[C@@H]2C=CC[C@H]12. The number of carboxylic acid groups (broad SMARTS) is 1. The van der Waals surface area contributed by atoms with Crippen molar-refractivity contribution in [2.75, 3.05) is 5.32 Å². The Hall–Kier alpha value is -2.28. The van der Waals surface area contributed by atoms with Gasteiger partial charge in [0.2, 0.25) is 0 Å². The summed E-state index contributed by atoms with van der Waals surface area (Å²) >= 11 is 5.88. The molecule has 0 radical (unpaired) electrons. The number of anilines is 1. The molecule has 110 valence electrons. The van der Waals surface area contributed by atoms with E-state index < -0.39 is 22.9 Å². The molecular formula is C13H11ClN2O5. The molecule has 1 aliphatic heterocycles. The van der Waals surface area contributed by atoms with Crippen molar-refractivity contribution in [1.29, 1.82) is 0 Å². The summed E-state index contributed by atoms with van der Waals surface area (Å²) in [4.78, 5) is 22.0. The van der Waals surface area contributed by atoms with Crippen LogP contribution in [0.1, 0.15) is 17.9 Å². The average Bonchev–Trinajstić information content (AvgIpc) is 2.86. The number of fused-ring (bicyclic) bond motifs is 3. The standard InChI is InChI=1S/C13H11ClN2O5/c14-7-4-8(17)11-9(12(7)16(20)21)5-2-1-3-6(5)10(15-11)13(18)19/h1-2,4-6,10,15,17H,3H2,(H,18,19)/t5-,6+,10-/m1/s1. The Balaban J connectivity index is 2.27. The van der Waals surface area contributed by atoms with Crippen LogP contribution in [0.25, 0.3) is 0 Å². The fourth-order valence-electron chi connectivity index (χ4n) is 3.14. The summed E-state index contributed by atoms with van der Waals surface area (Å²) in [5, 5.41) is 33.1. The maximum absolute atomic E-state index is 11.4. The number of nitro groups is 1. The third-order valence-corrected chi connectivity index (χ3v) is 4.28. The van der Waals surface area contributed by atoms with Crippen LogP contribution in [0.5, 0.6) is 5.75 Å². The van der Waals surface area contributed by atoms with Crippen LogP contribution in [0.15, 0.2) is 18.2 Å². The lowest BCUT2D eigenvalue weighted by Gasteiger charge is -2.34. The summed E-state index contributed by atoms with van der Waals surface area (Å²) in [7, 11) is 0. The molecular weight excluding hydrogens is 300 g/mol. The lowest BCUT2D eigenvalue weighted by Crippen LogP contribution is -2.42. The van der Waals surface area contributed by atoms with E-state index in [9.17, 15) is 25.1 Å². The zero-order chi connectivity index (χ0) is 15.3. The van der Waals surface area contributed by atoms with Gasteiger partial charge in [-0.1, -0.05) is 23.8 Å². The maximum atomic E-state index is 11.4. The van der Waals surface area contributed by atoms with Crippen molar-refractivity contribution in [1.82, 2.24) is 0 Å². The minimum absolute atomic E-state index is 0.0753. The van der Waals surface area contributed by atoms with Crippen molar-refractivity contribution < 1.29 is 19.9 Å². The van der Waals surface area contributed by atoms with E-state index in [1.54, 1.807) is 12.2 Å². The normalized spacial score (nSPS) is 25.9. The molecule has 0 spiro atoms. The number of aliphatic carboxylic acids is 1. The molecule has 2 aliphatic rings. The molecule has 1 aromatic carbocycles. The number of benzene rings is 1. The lowest BCUT2D eigenvalue weighted by molar-refractivity contribution is -0.385. The Labute approximate surface area is 124 Å². The minimum Gasteiger partial charge on any atom is -0.506 e. The zero-order valence-corrected chi connectivity index (χ0v) is 11.4. The van der Waals surface area contributed by atoms with Gasteiger partial charge in [0.05, 0.1) is 16.2 Å². The Bertz CT molecular complexity index is 688. The summed E-state index contributed by atoms with van der Waals surface area (Å²) < 4.78 is 0. The van der Waals surface area contributed by atoms with E-state index in [1.165, 1.54) is 0 Å². The molecule has 0 saturated carbocycles. The fourth-order valence-corrected chi connectivity index (χ4v) is 3.41. The smallest absolute Gasteiger partial charge is 0.326 e. The van der Waals surface area contributed by atoms with E-state index in [-0.39, 0.29) is 33.6 Å². The number of carbonyl (C=O) groups is 1. The third kappa shape index (κ3) is 1.92. The largest absolute Gasteiger partial charge is 0.506 e. The highest BCUT2D eigenvalue weighted by Crippen LogP contribution is 2.53. The van der Waals surface area contributed by atoms with Crippen molar-refractivity contribution in [3.63, 3.8) is 0 Å². The first kappa shape index (κ1) is 13.7. The molecule has 0 bridgehead atoms. The minimum atomic E-state index is -1.06. The molecule has 3 N–H and O–H groups in total. The van der Waals surface area contributed by atoms with E-state index in [1.807, 2.05) is 0 Å². The lowest BCUT2D eigenvalue weighted by atomic mass is 9.78. The summed E-state index contributed by atoms with van der Waals surface area (Å²) in [5.41, 5.74) is 0.0369. The molecule has 8 heteroatoms. The number of halogens is 1. The Morgan fingerprint density at radius 1 is 1.52 bits per heavy atom. The number of phenolic OH excluding ortho intramolecular Hbond substituents is 1. The molecule has 0 saturated heterocycles. The Kier molecular flexibility index (Phi) is 3.02. The Morgan fingerprint density at radius 2 is 2.24 bits per heavy atom. The van der Waals surface area contributed by atoms with Gasteiger partial charge in [0.25, 0.3) is 5.69 Å². The number of aromatic hydroxyl groups is 1. The maximum Gasteiger partial charge on any atom is 0.326 e. The number of nitrogens with one attached hydrogen (secondary N) is 1. The van der Waals surface area contributed by atoms with Gasteiger partial charge in [-0.15, -0.1) is 0 Å². The van der Waals surface area contributed by atoms with E-state index in [0.717, 1.165) is 6.07 Å². The van der Waals surface area contributed by atoms with E-state index in [0.29, 0.717) is 6.42 Å². The summed E-state index contributed by atoms with van der Waals surface area (Å²) in [6.45, 7) is 0. The highest BCUT2D eigenvalue weighted by atomic mass is 35.5. The molecule has 3 atom stereocenters. The monoisotopic (exact) mass is 310 g/mol. The van der Waals surface area contributed by atoms with Crippen LogP contribution in [0, 0.1) is 16.0 Å². The molecule has 7 nitrogen and oxygen atoms in total. The van der Waals surface area contributed by atoms with Gasteiger partial charge in [-0.05, 0) is 6.42 Å². The van der Waals surface area contributed by atoms with Crippen LogP contribution in [0.3, 0.4) is 0 Å². The van der Waals surface area contributed by atoms with Crippen molar-refractivity contribution >= 4 is 28.9 Å². The van der Waals surface area contributed by atoms with Crippen molar-refractivity contribution in [3.8, 4) is 5.75 Å². The van der Waals surface area contributed by atoms with Gasteiger partial charge in [0.15, 0.2) is 0 Å². The number of allylic oxidation sites excluding steroid dienone is 2. The van der Waals surface area contributed by atoms with Crippen LogP contribution >= 0.6 is 11.6 Å². The van der Waals surface area contributed by atoms with Crippen molar-refractivity contribution in [2.24, 2.45) is 5.92 Å². The molecule has 1 aliphatic carbocycles. The highest BCUT2D eigenvalue weighted by molar-refractivity contribution is 6.33. The molecule has 21 heavy (non-hydrogen) atoms. The van der Waals surface area contributed by atoms with Gasteiger partial charge < -0.3 is 15.5 Å². The number of nitrogens with zero attached hydrogens (tertiary/aromatic N) is 1. The summed E-state index contributed by atoms with van der Waals surface area (Å²) in [5.74, 6) is -2.14. The molecule has 0 aromatic heterocycles. The number of rotatable bonds is 2. The molecule has 0 fully saturated rings. The number of carboxylic acids is 1. The summed E-state index contributed by atoms with van der Waals surface area (Å²) in [6, 6.07) is 0.146. The van der Waals surface area contributed by atoms with Gasteiger partial charge in [0, 0.05) is 17.9 Å². The highest BCUT2D eigenvalue weighted by Gasteiger charge is 2.45. The zero-order valence-electron chi connectivity index (χ0n) is 10.6. The molecule has 3 rings (SSSR count). The Morgan fingerprint density at radius 3 is 2.86 bits per heavy atom. The van der Waals surface area contributed by atoms with Crippen LogP contribution in [0.2, 0.25) is 5.02 Å². The molecule has 0 unspecified atom stereocenters. The fraction of sp³-hybridized carbons (Fsp3) is 0.308. The topological polar surface area (TPSA) is 113 Å². The number of hydrogen-bond acceptors (Lipinski definition) is 5. The predicted molar refractivity (Wildman–Crippen MR) is 74.8 cm³/mol. The number of hydrogen-bond donors (Lipinski definition) is 3. The third-order valence-electron chi connectivity index (χ3n) is 3.99. The second-order valence-electron chi connectivity index (χ2n) is 5.09. The van der Waals surface area contributed by atoms with Crippen molar-refractivity contribution in [3.05, 3.63) is 38.9 Å². The van der Waals surface area contributed by atoms with Crippen molar-refractivity contribution in [2.45, 2.75) is 18.4 Å². The van der Waals surface area contributed by atoms with Gasteiger partial charge in [-0.2, -0.15) is 0 Å².